The first-order valence-electron chi connectivity index (χ1n) is 8.26. The van der Waals surface area contributed by atoms with Gasteiger partial charge in [0.25, 0.3) is 0 Å². The lowest BCUT2D eigenvalue weighted by atomic mass is 10.0. The molecule has 138 valence electrons. The number of hydrogen-bond acceptors (Lipinski definition) is 4. The van der Waals surface area contributed by atoms with E-state index in [0.717, 1.165) is 16.9 Å². The molecule has 0 bridgehead atoms. The molecule has 0 aliphatic rings. The van der Waals surface area contributed by atoms with Crippen LogP contribution in [0.2, 0.25) is 5.02 Å². The Labute approximate surface area is 162 Å². The van der Waals surface area contributed by atoms with Gasteiger partial charge in [-0.1, -0.05) is 41.9 Å². The Kier molecular flexibility index (Phi) is 5.62. The number of nitrogens with zero attached hydrogens (tertiary/aromatic N) is 1. The van der Waals surface area contributed by atoms with Crippen molar-refractivity contribution in [3.63, 3.8) is 0 Å². The number of carbonyl (C=O) groups is 2. The molecule has 1 heterocycles. The van der Waals surface area contributed by atoms with Crippen LogP contribution in [0.15, 0.2) is 60.8 Å². The van der Waals surface area contributed by atoms with Crippen molar-refractivity contribution >= 4 is 23.5 Å². The zero-order chi connectivity index (χ0) is 19.4. The van der Waals surface area contributed by atoms with Crippen LogP contribution in [0, 0.1) is 0 Å². The maximum Gasteiger partial charge on any atom is 0.339 e. The third-order valence-corrected chi connectivity index (χ3v) is 4.47. The second-order valence-corrected chi connectivity index (χ2v) is 6.26. The minimum atomic E-state index is -0.515. The molecule has 0 aliphatic heterocycles. The Morgan fingerprint density at radius 3 is 2.22 bits per heavy atom. The molecule has 3 aromatic rings. The van der Waals surface area contributed by atoms with Crippen molar-refractivity contribution in [2.45, 2.75) is 6.42 Å². The molecule has 0 aliphatic carbocycles. The van der Waals surface area contributed by atoms with E-state index >= 15 is 0 Å². The minimum absolute atomic E-state index is 0.0499. The molecule has 0 atom stereocenters. The normalized spacial score (nSPS) is 10.5. The van der Waals surface area contributed by atoms with E-state index in [4.69, 9.17) is 21.1 Å². The van der Waals surface area contributed by atoms with Gasteiger partial charge >= 0.3 is 11.9 Å². The zero-order valence-corrected chi connectivity index (χ0v) is 15.7. The van der Waals surface area contributed by atoms with Gasteiger partial charge in [0.15, 0.2) is 0 Å². The van der Waals surface area contributed by atoms with E-state index in [1.807, 2.05) is 47.0 Å². The van der Waals surface area contributed by atoms with Crippen LogP contribution in [0.1, 0.15) is 15.9 Å². The molecule has 1 aromatic heterocycles. The molecule has 27 heavy (non-hydrogen) atoms. The average Bonchev–Trinajstić information content (AvgIpc) is 3.07. The topological polar surface area (TPSA) is 57.5 Å². The van der Waals surface area contributed by atoms with E-state index in [1.54, 1.807) is 18.3 Å². The number of rotatable bonds is 5. The molecule has 0 fully saturated rings. The van der Waals surface area contributed by atoms with Gasteiger partial charge in [-0.2, -0.15) is 0 Å². The van der Waals surface area contributed by atoms with Gasteiger partial charge in [-0.3, -0.25) is 4.79 Å². The van der Waals surface area contributed by atoms with Crippen molar-refractivity contribution in [1.82, 2.24) is 4.57 Å². The third-order valence-electron chi connectivity index (χ3n) is 4.22. The van der Waals surface area contributed by atoms with Gasteiger partial charge in [0.2, 0.25) is 0 Å². The van der Waals surface area contributed by atoms with Crippen LogP contribution >= 0.6 is 11.6 Å². The van der Waals surface area contributed by atoms with E-state index in [2.05, 4.69) is 0 Å². The van der Waals surface area contributed by atoms with Crippen LogP contribution in [0.4, 0.5) is 0 Å². The number of methoxy groups -OCH3 is 2. The fourth-order valence-corrected chi connectivity index (χ4v) is 3.07. The van der Waals surface area contributed by atoms with E-state index in [1.165, 1.54) is 14.2 Å². The third kappa shape index (κ3) is 3.88. The van der Waals surface area contributed by atoms with E-state index in [9.17, 15) is 9.59 Å². The summed E-state index contributed by atoms with van der Waals surface area (Å²) in [7, 11) is 2.63. The van der Waals surface area contributed by atoms with Crippen molar-refractivity contribution in [2.75, 3.05) is 14.2 Å². The predicted molar refractivity (Wildman–Crippen MR) is 103 cm³/mol. The van der Waals surface area contributed by atoms with Crippen LogP contribution in [0.5, 0.6) is 0 Å². The molecule has 3 rings (SSSR count). The maximum atomic E-state index is 12.4. The van der Waals surface area contributed by atoms with Crippen molar-refractivity contribution in [3.8, 4) is 16.9 Å². The molecule has 0 saturated carbocycles. The Morgan fingerprint density at radius 2 is 1.63 bits per heavy atom. The minimum Gasteiger partial charge on any atom is -0.469 e. The Bertz CT molecular complexity index is 962. The van der Waals surface area contributed by atoms with Gasteiger partial charge in [-0.05, 0) is 29.8 Å². The van der Waals surface area contributed by atoms with E-state index < -0.39 is 11.9 Å². The number of ether oxygens (including phenoxy) is 2. The number of carbonyl (C=O) groups excluding carboxylic acids is 2. The molecule has 0 amide bonds. The highest BCUT2D eigenvalue weighted by molar-refractivity contribution is 6.30. The summed E-state index contributed by atoms with van der Waals surface area (Å²) in [5.74, 6) is -0.954. The maximum absolute atomic E-state index is 12.4. The van der Waals surface area contributed by atoms with Crippen molar-refractivity contribution in [1.29, 1.82) is 0 Å². The second kappa shape index (κ2) is 8.10. The summed E-state index contributed by atoms with van der Waals surface area (Å²) in [6.45, 7) is 0. The first kappa shape index (κ1) is 18.7. The van der Waals surface area contributed by atoms with Crippen molar-refractivity contribution in [3.05, 3.63) is 76.9 Å². The van der Waals surface area contributed by atoms with Gasteiger partial charge in [0.1, 0.15) is 0 Å². The first-order chi connectivity index (χ1) is 13.0. The Balaban J connectivity index is 2.30. The molecule has 0 unspecified atom stereocenters. The largest absolute Gasteiger partial charge is 0.469 e. The van der Waals surface area contributed by atoms with Crippen LogP contribution < -0.4 is 0 Å². The summed E-state index contributed by atoms with van der Waals surface area (Å²) < 4.78 is 11.6. The van der Waals surface area contributed by atoms with Crippen LogP contribution in [-0.4, -0.2) is 30.7 Å². The molecule has 0 N–H and O–H groups in total. The summed E-state index contributed by atoms with van der Waals surface area (Å²) in [6, 6.07) is 16.8. The molecule has 0 saturated heterocycles. The van der Waals surface area contributed by atoms with E-state index in [0.29, 0.717) is 16.1 Å². The van der Waals surface area contributed by atoms with Crippen LogP contribution in [-0.2, 0) is 20.7 Å². The number of esters is 2. The van der Waals surface area contributed by atoms with Gasteiger partial charge in [0.05, 0.1) is 31.9 Å². The highest BCUT2D eigenvalue weighted by atomic mass is 35.5. The predicted octanol–water partition coefficient (Wildman–Crippen LogP) is 4.30. The number of benzene rings is 2. The second-order valence-electron chi connectivity index (χ2n) is 5.83. The summed E-state index contributed by atoms with van der Waals surface area (Å²) in [6.07, 6.45) is 1.63. The molecular weight excluding hydrogens is 366 g/mol. The summed E-state index contributed by atoms with van der Waals surface area (Å²) in [4.78, 5) is 24.4. The molecule has 5 nitrogen and oxygen atoms in total. The van der Waals surface area contributed by atoms with Crippen LogP contribution in [0.3, 0.4) is 0 Å². The van der Waals surface area contributed by atoms with Crippen molar-refractivity contribution < 1.29 is 19.1 Å². The summed E-state index contributed by atoms with van der Waals surface area (Å²) in [5, 5.41) is 0.607. The lowest BCUT2D eigenvalue weighted by Gasteiger charge is -2.12. The smallest absolute Gasteiger partial charge is 0.339 e. The molecule has 6 heteroatoms. The molecular formula is C21H18ClNO4. The van der Waals surface area contributed by atoms with Gasteiger partial charge in [0, 0.05) is 22.5 Å². The monoisotopic (exact) mass is 383 g/mol. The molecule has 0 radical (unpaired) electrons. The Hall–Kier alpha value is -3.05. The van der Waals surface area contributed by atoms with E-state index in [-0.39, 0.29) is 6.42 Å². The fraction of sp³-hybridized carbons (Fsp3) is 0.143. The van der Waals surface area contributed by atoms with Crippen molar-refractivity contribution in [2.24, 2.45) is 0 Å². The lowest BCUT2D eigenvalue weighted by Crippen LogP contribution is -2.10. The SMILES string of the molecule is COC(=O)Cc1c(C(=O)OC)cn(-c2ccc(Cl)cc2)c1-c1ccccc1. The first-order valence-corrected chi connectivity index (χ1v) is 8.63. The highest BCUT2D eigenvalue weighted by Crippen LogP contribution is 2.32. The van der Waals surface area contributed by atoms with Gasteiger partial charge in [-0.25, -0.2) is 4.79 Å². The van der Waals surface area contributed by atoms with Crippen LogP contribution in [0.25, 0.3) is 16.9 Å². The number of hydrogen-bond donors (Lipinski definition) is 0. The van der Waals surface area contributed by atoms with Gasteiger partial charge in [-0.15, -0.1) is 0 Å². The standard InChI is InChI=1S/C21H18ClNO4/c1-26-19(24)12-17-18(21(25)27-2)13-23(16-10-8-15(22)9-11-16)20(17)14-6-4-3-5-7-14/h3-11,13H,12H2,1-2H3. The lowest BCUT2D eigenvalue weighted by molar-refractivity contribution is -0.139. The average molecular weight is 384 g/mol. The molecule has 2 aromatic carbocycles. The van der Waals surface area contributed by atoms with Gasteiger partial charge < -0.3 is 14.0 Å². The fourth-order valence-electron chi connectivity index (χ4n) is 2.94. The zero-order valence-electron chi connectivity index (χ0n) is 14.9. The number of aromatic nitrogens is 1. The quantitative estimate of drug-likeness (QED) is 0.616. The Morgan fingerprint density at radius 1 is 0.963 bits per heavy atom. The summed E-state index contributed by atoms with van der Waals surface area (Å²) in [5.41, 5.74) is 3.26. The summed E-state index contributed by atoms with van der Waals surface area (Å²) >= 11 is 6.01. The molecule has 0 spiro atoms. The number of halogens is 1. The highest BCUT2D eigenvalue weighted by Gasteiger charge is 2.25.